The van der Waals surface area contributed by atoms with Crippen LogP contribution in [-0.4, -0.2) is 17.6 Å². The average Bonchev–Trinajstić information content (AvgIpc) is 2.20. The van der Waals surface area contributed by atoms with Crippen molar-refractivity contribution in [2.24, 2.45) is 11.7 Å². The molecule has 14 heavy (non-hydrogen) atoms. The van der Waals surface area contributed by atoms with Gasteiger partial charge in [-0.15, -0.1) is 0 Å². The van der Waals surface area contributed by atoms with Crippen LogP contribution in [0.5, 0.6) is 0 Å². The maximum absolute atomic E-state index is 5.60. The highest BCUT2D eigenvalue weighted by molar-refractivity contribution is 5.43. The lowest BCUT2D eigenvalue weighted by Gasteiger charge is -2.21. The van der Waals surface area contributed by atoms with Crippen LogP contribution in [0.3, 0.4) is 0 Å². The van der Waals surface area contributed by atoms with E-state index in [0.29, 0.717) is 18.5 Å². The molecule has 3 nitrogen and oxygen atoms in total. The van der Waals surface area contributed by atoms with Crippen LogP contribution in [0.4, 0.5) is 5.82 Å². The first kappa shape index (κ1) is 11.0. The molecule has 0 bridgehead atoms. The van der Waals surface area contributed by atoms with Crippen molar-refractivity contribution in [2.45, 2.75) is 26.8 Å². The normalized spacial score (nSPS) is 14.9. The third-order valence-electron chi connectivity index (χ3n) is 2.60. The van der Waals surface area contributed by atoms with E-state index >= 15 is 0 Å². The van der Waals surface area contributed by atoms with E-state index in [-0.39, 0.29) is 0 Å². The molecule has 1 aromatic rings. The van der Waals surface area contributed by atoms with Gasteiger partial charge < -0.3 is 11.1 Å². The van der Waals surface area contributed by atoms with E-state index in [9.17, 15) is 0 Å². The van der Waals surface area contributed by atoms with Gasteiger partial charge in [0.05, 0.1) is 0 Å². The molecule has 0 saturated heterocycles. The molecule has 0 saturated carbocycles. The van der Waals surface area contributed by atoms with Gasteiger partial charge in [-0.25, -0.2) is 4.98 Å². The Balaban J connectivity index is 2.64. The van der Waals surface area contributed by atoms with Crippen LogP contribution in [-0.2, 0) is 0 Å². The first-order chi connectivity index (χ1) is 6.65. The van der Waals surface area contributed by atoms with Crippen molar-refractivity contribution in [1.82, 2.24) is 4.98 Å². The number of hydrogen-bond acceptors (Lipinski definition) is 3. The van der Waals surface area contributed by atoms with Crippen molar-refractivity contribution in [2.75, 3.05) is 11.9 Å². The Bertz CT molecular complexity index is 286. The van der Waals surface area contributed by atoms with E-state index in [2.05, 4.69) is 37.1 Å². The quantitative estimate of drug-likeness (QED) is 0.766. The Morgan fingerprint density at radius 3 is 2.79 bits per heavy atom. The summed E-state index contributed by atoms with van der Waals surface area (Å²) in [6.07, 6.45) is 1.80. The summed E-state index contributed by atoms with van der Waals surface area (Å²) in [5.74, 6) is 1.41. The number of nitrogens with zero attached hydrogens (tertiary/aromatic N) is 1. The zero-order chi connectivity index (χ0) is 10.6. The van der Waals surface area contributed by atoms with E-state index < -0.39 is 0 Å². The van der Waals surface area contributed by atoms with Crippen LogP contribution in [0.2, 0.25) is 0 Å². The second-order valence-electron chi connectivity index (χ2n) is 3.81. The lowest BCUT2D eigenvalue weighted by molar-refractivity contribution is 0.520. The van der Waals surface area contributed by atoms with Crippen molar-refractivity contribution in [3.63, 3.8) is 0 Å². The van der Waals surface area contributed by atoms with Gasteiger partial charge in [-0.3, -0.25) is 0 Å². The van der Waals surface area contributed by atoms with Gasteiger partial charge in [-0.05, 0) is 37.9 Å². The van der Waals surface area contributed by atoms with Crippen molar-refractivity contribution in [1.29, 1.82) is 0 Å². The first-order valence-corrected chi connectivity index (χ1v) is 5.03. The van der Waals surface area contributed by atoms with Crippen LogP contribution in [0, 0.1) is 12.8 Å². The number of anilines is 1. The molecule has 0 aliphatic heterocycles. The number of hydrogen-bond donors (Lipinski definition) is 2. The molecule has 2 unspecified atom stereocenters. The number of aromatic nitrogens is 1. The minimum absolute atomic E-state index is 0.355. The molecule has 0 spiro atoms. The third-order valence-corrected chi connectivity index (χ3v) is 2.60. The molecule has 1 heterocycles. The largest absolute Gasteiger partial charge is 0.367 e. The van der Waals surface area contributed by atoms with E-state index in [0.717, 1.165) is 5.82 Å². The van der Waals surface area contributed by atoms with Gasteiger partial charge in [0.2, 0.25) is 0 Å². The molecule has 2 atom stereocenters. The lowest BCUT2D eigenvalue weighted by atomic mass is 10.0. The molecule has 0 amide bonds. The summed E-state index contributed by atoms with van der Waals surface area (Å²) in [6, 6.07) is 4.35. The van der Waals surface area contributed by atoms with Crippen LogP contribution in [0.1, 0.15) is 19.4 Å². The molecule has 3 heteroatoms. The number of nitrogens with two attached hydrogens (primary N) is 1. The molecule has 0 radical (unpaired) electrons. The average molecular weight is 193 g/mol. The number of rotatable bonds is 4. The molecule has 78 valence electrons. The Labute approximate surface area is 85.7 Å². The van der Waals surface area contributed by atoms with Gasteiger partial charge in [0, 0.05) is 12.2 Å². The van der Waals surface area contributed by atoms with Crippen LogP contribution >= 0.6 is 0 Å². The third kappa shape index (κ3) is 2.70. The monoisotopic (exact) mass is 193 g/mol. The summed E-state index contributed by atoms with van der Waals surface area (Å²) in [7, 11) is 0. The fourth-order valence-corrected chi connectivity index (χ4v) is 1.20. The van der Waals surface area contributed by atoms with Gasteiger partial charge in [0.15, 0.2) is 0 Å². The zero-order valence-electron chi connectivity index (χ0n) is 9.12. The molecule has 3 N–H and O–H groups in total. The Kier molecular flexibility index (Phi) is 3.89. The summed E-state index contributed by atoms with van der Waals surface area (Å²) in [6.45, 7) is 7.01. The first-order valence-electron chi connectivity index (χ1n) is 5.03. The fourth-order valence-electron chi connectivity index (χ4n) is 1.20. The molecule has 1 rings (SSSR count). The lowest BCUT2D eigenvalue weighted by Crippen LogP contribution is -2.30. The minimum Gasteiger partial charge on any atom is -0.367 e. The molecule has 0 aliphatic rings. The molecule has 1 aromatic heterocycles. The summed E-state index contributed by atoms with van der Waals surface area (Å²) >= 11 is 0. The SMILES string of the molecule is Cc1cccnc1NC(C)C(C)CN. The Morgan fingerprint density at radius 2 is 2.21 bits per heavy atom. The van der Waals surface area contributed by atoms with Gasteiger partial charge in [-0.2, -0.15) is 0 Å². The smallest absolute Gasteiger partial charge is 0.129 e. The molecular weight excluding hydrogens is 174 g/mol. The Morgan fingerprint density at radius 1 is 1.50 bits per heavy atom. The molecular formula is C11H19N3. The summed E-state index contributed by atoms with van der Waals surface area (Å²) < 4.78 is 0. The van der Waals surface area contributed by atoms with Crippen molar-refractivity contribution >= 4 is 5.82 Å². The predicted octanol–water partition coefficient (Wildman–Crippen LogP) is 1.79. The summed E-state index contributed by atoms with van der Waals surface area (Å²) in [4.78, 5) is 4.28. The standard InChI is InChI=1S/C11H19N3/c1-8-5-4-6-13-11(8)14-10(3)9(2)7-12/h4-6,9-10H,7,12H2,1-3H3,(H,13,14). The Hall–Kier alpha value is -1.09. The van der Waals surface area contributed by atoms with E-state index in [1.54, 1.807) is 6.20 Å². The topological polar surface area (TPSA) is 50.9 Å². The maximum Gasteiger partial charge on any atom is 0.129 e. The summed E-state index contributed by atoms with van der Waals surface area (Å²) in [5, 5.41) is 3.37. The van der Waals surface area contributed by atoms with Crippen LogP contribution < -0.4 is 11.1 Å². The predicted molar refractivity (Wildman–Crippen MR) is 60.3 cm³/mol. The van der Waals surface area contributed by atoms with Crippen LogP contribution in [0.15, 0.2) is 18.3 Å². The molecule has 0 aromatic carbocycles. The molecule has 0 aliphatic carbocycles. The number of aryl methyl sites for hydroxylation is 1. The number of pyridine rings is 1. The maximum atomic E-state index is 5.60. The highest BCUT2D eigenvalue weighted by Crippen LogP contribution is 2.13. The molecule has 0 fully saturated rings. The van der Waals surface area contributed by atoms with Gasteiger partial charge in [0.25, 0.3) is 0 Å². The fraction of sp³-hybridized carbons (Fsp3) is 0.545. The van der Waals surface area contributed by atoms with E-state index in [4.69, 9.17) is 5.73 Å². The van der Waals surface area contributed by atoms with Crippen molar-refractivity contribution < 1.29 is 0 Å². The highest BCUT2D eigenvalue weighted by atomic mass is 15.0. The van der Waals surface area contributed by atoms with E-state index in [1.165, 1.54) is 5.56 Å². The van der Waals surface area contributed by atoms with Gasteiger partial charge in [0.1, 0.15) is 5.82 Å². The summed E-state index contributed by atoms with van der Waals surface area (Å²) in [5.41, 5.74) is 6.77. The van der Waals surface area contributed by atoms with Crippen LogP contribution in [0.25, 0.3) is 0 Å². The van der Waals surface area contributed by atoms with Gasteiger partial charge in [-0.1, -0.05) is 13.0 Å². The number of nitrogens with one attached hydrogen (secondary N) is 1. The highest BCUT2D eigenvalue weighted by Gasteiger charge is 2.11. The van der Waals surface area contributed by atoms with Gasteiger partial charge >= 0.3 is 0 Å². The minimum atomic E-state index is 0.355. The van der Waals surface area contributed by atoms with Crippen molar-refractivity contribution in [3.05, 3.63) is 23.9 Å². The van der Waals surface area contributed by atoms with Crippen molar-refractivity contribution in [3.8, 4) is 0 Å². The second-order valence-corrected chi connectivity index (χ2v) is 3.81. The second kappa shape index (κ2) is 4.96. The van der Waals surface area contributed by atoms with E-state index in [1.807, 2.05) is 6.07 Å². The zero-order valence-corrected chi connectivity index (χ0v) is 9.12.